The van der Waals surface area contributed by atoms with E-state index in [4.69, 9.17) is 10.9 Å². The highest BCUT2D eigenvalue weighted by atomic mass is 16.4. The summed E-state index contributed by atoms with van der Waals surface area (Å²) in [7, 11) is 0. The Morgan fingerprint density at radius 2 is 2.29 bits per heavy atom. The van der Waals surface area contributed by atoms with Crippen molar-refractivity contribution in [2.24, 2.45) is 10.9 Å². The molecule has 0 aliphatic carbocycles. The number of nitrogens with one attached hydrogen (secondary N) is 1. The lowest BCUT2D eigenvalue weighted by atomic mass is 10.2. The fraction of sp³-hybridized carbons (Fsp3) is 0.400. The highest BCUT2D eigenvalue weighted by Gasteiger charge is 2.16. The lowest BCUT2D eigenvalue weighted by molar-refractivity contribution is 0.0940. The van der Waals surface area contributed by atoms with Crippen LogP contribution in [0.4, 0.5) is 0 Å². The van der Waals surface area contributed by atoms with Gasteiger partial charge in [0.15, 0.2) is 5.84 Å². The summed E-state index contributed by atoms with van der Waals surface area (Å²) in [5, 5.41) is 14.0. The summed E-state index contributed by atoms with van der Waals surface area (Å²) in [5.41, 5.74) is 6.35. The van der Waals surface area contributed by atoms with E-state index in [1.165, 1.54) is 12.4 Å². The van der Waals surface area contributed by atoms with Crippen LogP contribution in [0.15, 0.2) is 17.5 Å². The number of rotatable bonds is 4. The van der Waals surface area contributed by atoms with Gasteiger partial charge in [-0.2, -0.15) is 0 Å². The summed E-state index contributed by atoms with van der Waals surface area (Å²) in [4.78, 5) is 19.6. The Bertz CT molecular complexity index is 415. The second kappa shape index (κ2) is 5.78. The van der Waals surface area contributed by atoms with Crippen LogP contribution in [0.3, 0.4) is 0 Å². The molecule has 0 aliphatic rings. The predicted molar refractivity (Wildman–Crippen MR) is 61.7 cm³/mol. The van der Waals surface area contributed by atoms with Gasteiger partial charge >= 0.3 is 0 Å². The third kappa shape index (κ3) is 3.40. The van der Waals surface area contributed by atoms with Crippen LogP contribution in [-0.2, 0) is 0 Å². The number of nitrogens with zero attached hydrogens (tertiary/aromatic N) is 3. The fourth-order valence-corrected chi connectivity index (χ4v) is 1.20. The lowest BCUT2D eigenvalue weighted by Crippen LogP contribution is -2.44. The maximum absolute atomic E-state index is 11.7. The van der Waals surface area contributed by atoms with E-state index in [9.17, 15) is 4.79 Å². The van der Waals surface area contributed by atoms with Crippen molar-refractivity contribution in [1.29, 1.82) is 0 Å². The molecule has 1 atom stereocenters. The van der Waals surface area contributed by atoms with Crippen LogP contribution in [0.5, 0.6) is 0 Å². The maximum Gasteiger partial charge on any atom is 0.272 e. The van der Waals surface area contributed by atoms with E-state index in [-0.39, 0.29) is 11.5 Å². The monoisotopic (exact) mass is 237 g/mol. The van der Waals surface area contributed by atoms with Gasteiger partial charge in [0, 0.05) is 6.20 Å². The largest absolute Gasteiger partial charge is 0.409 e. The lowest BCUT2D eigenvalue weighted by Gasteiger charge is -2.14. The standard InChI is InChI=1S/C10H15N5O2/c1-3-7(9(11)15-17)14-10(16)8-5-12-6(2)4-13-8/h4-5,7,17H,3H2,1-2H3,(H2,11,15)(H,14,16). The molecule has 0 saturated carbocycles. The molecular weight excluding hydrogens is 222 g/mol. The van der Waals surface area contributed by atoms with Crippen LogP contribution in [-0.4, -0.2) is 33.0 Å². The van der Waals surface area contributed by atoms with Crippen LogP contribution >= 0.6 is 0 Å². The summed E-state index contributed by atoms with van der Waals surface area (Å²) < 4.78 is 0. The minimum atomic E-state index is -0.518. The molecule has 4 N–H and O–H groups in total. The smallest absolute Gasteiger partial charge is 0.272 e. The number of amidine groups is 1. The molecule has 0 fully saturated rings. The molecule has 1 amide bonds. The molecule has 0 spiro atoms. The highest BCUT2D eigenvalue weighted by molar-refractivity contribution is 5.96. The fourth-order valence-electron chi connectivity index (χ4n) is 1.20. The van der Waals surface area contributed by atoms with Crippen molar-refractivity contribution in [2.75, 3.05) is 0 Å². The molecule has 0 aromatic carbocycles. The Kier molecular flexibility index (Phi) is 4.38. The van der Waals surface area contributed by atoms with Crippen molar-refractivity contribution in [3.8, 4) is 0 Å². The first-order valence-electron chi connectivity index (χ1n) is 5.15. The molecule has 92 valence electrons. The van der Waals surface area contributed by atoms with E-state index in [1.807, 2.05) is 6.92 Å². The van der Waals surface area contributed by atoms with Crippen LogP contribution in [0, 0.1) is 6.92 Å². The molecule has 7 heteroatoms. The molecular formula is C10H15N5O2. The molecule has 1 aromatic heterocycles. The van der Waals surface area contributed by atoms with Gasteiger partial charge in [-0.3, -0.25) is 9.78 Å². The van der Waals surface area contributed by atoms with E-state index >= 15 is 0 Å². The zero-order chi connectivity index (χ0) is 12.8. The Hall–Kier alpha value is -2.18. The van der Waals surface area contributed by atoms with Gasteiger partial charge in [0.2, 0.25) is 0 Å². The Morgan fingerprint density at radius 3 is 2.76 bits per heavy atom. The van der Waals surface area contributed by atoms with Crippen molar-refractivity contribution in [2.45, 2.75) is 26.3 Å². The Morgan fingerprint density at radius 1 is 1.59 bits per heavy atom. The van der Waals surface area contributed by atoms with Crippen LogP contribution in [0.1, 0.15) is 29.5 Å². The minimum Gasteiger partial charge on any atom is -0.409 e. The zero-order valence-corrected chi connectivity index (χ0v) is 9.71. The summed E-state index contributed by atoms with van der Waals surface area (Å²) in [6, 6.07) is -0.518. The number of hydrogen-bond acceptors (Lipinski definition) is 5. The summed E-state index contributed by atoms with van der Waals surface area (Å²) in [6.07, 6.45) is 3.39. The van der Waals surface area contributed by atoms with Gasteiger partial charge < -0.3 is 16.3 Å². The highest BCUT2D eigenvalue weighted by Crippen LogP contribution is 1.97. The Labute approximate surface area is 98.8 Å². The van der Waals surface area contributed by atoms with Gasteiger partial charge in [0.25, 0.3) is 5.91 Å². The number of aryl methyl sites for hydroxylation is 1. The van der Waals surface area contributed by atoms with Gasteiger partial charge in [0.1, 0.15) is 5.69 Å². The van der Waals surface area contributed by atoms with E-state index in [0.717, 1.165) is 5.69 Å². The van der Waals surface area contributed by atoms with E-state index < -0.39 is 11.9 Å². The molecule has 1 heterocycles. The molecule has 0 aliphatic heterocycles. The number of oxime groups is 1. The first kappa shape index (κ1) is 12.9. The second-order valence-corrected chi connectivity index (χ2v) is 3.50. The maximum atomic E-state index is 11.7. The van der Waals surface area contributed by atoms with Gasteiger partial charge in [-0.05, 0) is 13.3 Å². The third-order valence-corrected chi connectivity index (χ3v) is 2.20. The number of amides is 1. The Balaban J connectivity index is 2.74. The van der Waals surface area contributed by atoms with Crippen molar-refractivity contribution in [3.05, 3.63) is 23.8 Å². The van der Waals surface area contributed by atoms with Crippen molar-refractivity contribution >= 4 is 11.7 Å². The molecule has 1 unspecified atom stereocenters. The minimum absolute atomic E-state index is 0.0408. The first-order chi connectivity index (χ1) is 8.08. The normalized spacial score (nSPS) is 13.2. The molecule has 0 saturated heterocycles. The second-order valence-electron chi connectivity index (χ2n) is 3.50. The number of nitrogens with two attached hydrogens (primary N) is 1. The average Bonchev–Trinajstić information content (AvgIpc) is 2.35. The quantitative estimate of drug-likeness (QED) is 0.296. The predicted octanol–water partition coefficient (Wildman–Crippen LogP) is 0.0398. The zero-order valence-electron chi connectivity index (χ0n) is 9.71. The topological polar surface area (TPSA) is 113 Å². The molecule has 1 aromatic rings. The van der Waals surface area contributed by atoms with Crippen molar-refractivity contribution in [3.63, 3.8) is 0 Å². The molecule has 0 radical (unpaired) electrons. The first-order valence-corrected chi connectivity index (χ1v) is 5.15. The summed E-state index contributed by atoms with van der Waals surface area (Å²) in [6.45, 7) is 3.59. The van der Waals surface area contributed by atoms with Gasteiger partial charge in [-0.25, -0.2) is 4.98 Å². The van der Waals surface area contributed by atoms with Crippen LogP contribution in [0.25, 0.3) is 0 Å². The molecule has 7 nitrogen and oxygen atoms in total. The number of hydrogen-bond donors (Lipinski definition) is 3. The number of carbonyl (C=O) groups is 1. The third-order valence-electron chi connectivity index (χ3n) is 2.20. The average molecular weight is 237 g/mol. The van der Waals surface area contributed by atoms with E-state index in [1.54, 1.807) is 6.92 Å². The summed E-state index contributed by atoms with van der Waals surface area (Å²) >= 11 is 0. The van der Waals surface area contributed by atoms with Gasteiger partial charge in [-0.1, -0.05) is 12.1 Å². The molecule has 17 heavy (non-hydrogen) atoms. The van der Waals surface area contributed by atoms with Crippen LogP contribution < -0.4 is 11.1 Å². The van der Waals surface area contributed by atoms with E-state index in [2.05, 4.69) is 20.4 Å². The molecule has 1 rings (SSSR count). The van der Waals surface area contributed by atoms with E-state index in [0.29, 0.717) is 6.42 Å². The summed E-state index contributed by atoms with van der Waals surface area (Å²) in [5.74, 6) is -0.447. The van der Waals surface area contributed by atoms with Crippen LogP contribution in [0.2, 0.25) is 0 Å². The molecule has 0 bridgehead atoms. The van der Waals surface area contributed by atoms with Crippen molar-refractivity contribution < 1.29 is 10.0 Å². The van der Waals surface area contributed by atoms with Crippen molar-refractivity contribution in [1.82, 2.24) is 15.3 Å². The number of aromatic nitrogens is 2. The van der Waals surface area contributed by atoms with Gasteiger partial charge in [0.05, 0.1) is 17.9 Å². The SMILES string of the molecule is CCC(NC(=O)c1cnc(C)cn1)C(N)=NO. The van der Waals surface area contributed by atoms with Gasteiger partial charge in [-0.15, -0.1) is 0 Å². The number of carbonyl (C=O) groups excluding carboxylic acids is 1.